The molecule has 0 radical (unpaired) electrons. The van der Waals surface area contributed by atoms with E-state index in [1.54, 1.807) is 20.8 Å². The molecular formula is C45H56N12O12. The van der Waals surface area contributed by atoms with Gasteiger partial charge < -0.3 is 57.2 Å². The van der Waals surface area contributed by atoms with Crippen LogP contribution in [0.3, 0.4) is 0 Å². The normalized spacial score (nSPS) is 36.3. The average Bonchev–Trinajstić information content (AvgIpc) is 3.36. The van der Waals surface area contributed by atoms with Crippen molar-refractivity contribution in [1.82, 2.24) is 0 Å². The number of aliphatic hydroxyl groups excluding tert-OH is 1. The van der Waals surface area contributed by atoms with Gasteiger partial charge in [0.25, 0.3) is 0 Å². The number of hydrogen-bond donors (Lipinski definition) is 1. The molecule has 0 bridgehead atoms. The van der Waals surface area contributed by atoms with E-state index in [0.29, 0.717) is 0 Å². The predicted octanol–water partition coefficient (Wildman–Crippen LogP) is 7.60. The maximum Gasteiger partial charge on any atom is 0.220 e. The molecule has 1 saturated carbocycles. The summed E-state index contributed by atoms with van der Waals surface area (Å²) in [7, 11) is 2.76. The van der Waals surface area contributed by atoms with E-state index in [0.717, 1.165) is 16.7 Å². The second kappa shape index (κ2) is 23.8. The molecule has 0 spiro atoms. The van der Waals surface area contributed by atoms with E-state index in [2.05, 4.69) is 40.1 Å². The highest BCUT2D eigenvalue weighted by molar-refractivity contribution is 5.16. The second-order valence-corrected chi connectivity index (χ2v) is 17.1. The molecule has 0 amide bonds. The number of aliphatic hydroxyl groups is 1. The van der Waals surface area contributed by atoms with Gasteiger partial charge in [-0.2, -0.15) is 0 Å². The predicted molar refractivity (Wildman–Crippen MR) is 242 cm³/mol. The van der Waals surface area contributed by atoms with E-state index in [4.69, 9.17) is 52.1 Å². The zero-order valence-corrected chi connectivity index (χ0v) is 38.7. The number of azide groups is 4. The van der Waals surface area contributed by atoms with Gasteiger partial charge >= 0.3 is 0 Å². The SMILES string of the molecule is CO[C@@]1(C)O[C@@H]2[C@@H](N=[N+]=[N-])[C@@H](O[C@H]3[C@H](O)[C@@H](O[C@@H]4O[C@@H](C)[C@H](OCc5ccccc5)[C@@H](OCc5ccccc5)[C@H]4OCc4ccccc4)[C@H](N=[N+]=[N-])C[C@@H]3N=[N+]=[N-])O[C@H](CN=[N+]=[N-])[C@H]2O[C@]1(C)OC. The summed E-state index contributed by atoms with van der Waals surface area (Å²) in [6.45, 7) is 5.12. The van der Waals surface area contributed by atoms with E-state index >= 15 is 0 Å². The van der Waals surface area contributed by atoms with Crippen LogP contribution in [0.5, 0.6) is 0 Å². The molecule has 4 fully saturated rings. The Bertz CT molecular complexity index is 2330. The Morgan fingerprint density at radius 1 is 0.594 bits per heavy atom. The van der Waals surface area contributed by atoms with Crippen LogP contribution < -0.4 is 0 Å². The summed E-state index contributed by atoms with van der Waals surface area (Å²) >= 11 is 0. The minimum atomic E-state index is -1.76. The Hall–Kier alpha value is -5.58. The van der Waals surface area contributed by atoms with Crippen molar-refractivity contribution in [2.75, 3.05) is 20.8 Å². The number of benzene rings is 3. The highest BCUT2D eigenvalue weighted by atomic mass is 16.8. The first-order chi connectivity index (χ1) is 33.5. The lowest BCUT2D eigenvalue weighted by Crippen LogP contribution is -2.73. The summed E-state index contributed by atoms with van der Waals surface area (Å²) in [4.78, 5) is 12.0. The largest absolute Gasteiger partial charge is 0.388 e. The zero-order valence-electron chi connectivity index (χ0n) is 38.7. The molecule has 1 N–H and O–H groups in total. The molecule has 7 rings (SSSR count). The summed E-state index contributed by atoms with van der Waals surface area (Å²) in [6, 6.07) is 24.9. The fourth-order valence-corrected chi connectivity index (χ4v) is 9.07. The van der Waals surface area contributed by atoms with Gasteiger partial charge in [-0.05, 0) is 66.0 Å². The van der Waals surface area contributed by atoms with Crippen LogP contribution in [0.15, 0.2) is 111 Å². The van der Waals surface area contributed by atoms with Gasteiger partial charge in [-0.3, -0.25) is 0 Å². The van der Waals surface area contributed by atoms with Gasteiger partial charge in [0.2, 0.25) is 11.6 Å². The molecule has 368 valence electrons. The summed E-state index contributed by atoms with van der Waals surface area (Å²) < 4.78 is 70.6. The van der Waals surface area contributed by atoms with Crippen LogP contribution in [-0.2, 0) is 71.9 Å². The van der Waals surface area contributed by atoms with Crippen LogP contribution in [0.2, 0.25) is 0 Å². The lowest BCUT2D eigenvalue weighted by Gasteiger charge is -2.57. The quantitative estimate of drug-likeness (QED) is 0.0650. The van der Waals surface area contributed by atoms with Crippen LogP contribution in [0.1, 0.15) is 43.9 Å². The van der Waals surface area contributed by atoms with Gasteiger partial charge in [-0.1, -0.05) is 111 Å². The molecule has 69 heavy (non-hydrogen) atoms. The van der Waals surface area contributed by atoms with Crippen LogP contribution in [0, 0.1) is 0 Å². The third-order valence-electron chi connectivity index (χ3n) is 12.9. The van der Waals surface area contributed by atoms with Gasteiger partial charge in [0.1, 0.15) is 42.7 Å². The van der Waals surface area contributed by atoms with Crippen molar-refractivity contribution in [2.24, 2.45) is 20.5 Å². The number of fused-ring (bicyclic) bond motifs is 1. The smallest absolute Gasteiger partial charge is 0.220 e. The molecule has 3 heterocycles. The third kappa shape index (κ3) is 11.7. The van der Waals surface area contributed by atoms with Gasteiger partial charge in [-0.25, -0.2) is 0 Å². The highest BCUT2D eigenvalue weighted by Crippen LogP contribution is 2.46. The van der Waals surface area contributed by atoms with Crippen molar-refractivity contribution >= 4 is 0 Å². The maximum atomic E-state index is 12.5. The van der Waals surface area contributed by atoms with Crippen molar-refractivity contribution in [2.45, 2.75) is 150 Å². The molecule has 24 heteroatoms. The molecule has 0 aromatic heterocycles. The van der Waals surface area contributed by atoms with Crippen molar-refractivity contribution in [3.05, 3.63) is 149 Å². The third-order valence-corrected chi connectivity index (χ3v) is 12.9. The van der Waals surface area contributed by atoms with Gasteiger partial charge in [0.05, 0.1) is 62.9 Å². The van der Waals surface area contributed by atoms with Gasteiger partial charge in [0.15, 0.2) is 12.6 Å². The standard InChI is InChI=1S/C45H56N12O12/c1-26-35(61-23-27-15-9-6-10-16-27)40(62-24-28-17-11-7-12-18-28)41(63-25-29-19-13-8-14-20-29)43(64-26)67-37-31(52-56-48)21-30(51-55-47)36(34(37)58)66-42-33(53-57-49)39-38(32(65-42)22-50-54-46)68-44(2,59-4)45(3,60-5)69-39/h6-20,26,30-43,58H,21-25H2,1-5H3/t26-,30-,31+,32+,33+,34-,35-,36+,37-,38+,39+,40+,41+,42+,43-,44-,45-/m0/s1. The first-order valence-electron chi connectivity index (χ1n) is 22.4. The Morgan fingerprint density at radius 2 is 1.06 bits per heavy atom. The van der Waals surface area contributed by atoms with E-state index in [9.17, 15) is 27.2 Å². The Labute approximate surface area is 397 Å². The Morgan fingerprint density at radius 3 is 1.54 bits per heavy atom. The van der Waals surface area contributed by atoms with Crippen LogP contribution in [0.25, 0.3) is 41.8 Å². The number of hydrogen-bond acceptors (Lipinski definition) is 16. The van der Waals surface area contributed by atoms with Crippen LogP contribution in [0.4, 0.5) is 0 Å². The van der Waals surface area contributed by atoms with E-state index in [1.165, 1.54) is 14.2 Å². The summed E-state index contributed by atoms with van der Waals surface area (Å²) in [6.07, 6.45) is -14.4. The maximum absolute atomic E-state index is 12.5. The number of methoxy groups -OCH3 is 2. The zero-order chi connectivity index (χ0) is 49.0. The fraction of sp³-hybridized carbons (Fsp3) is 0.600. The lowest BCUT2D eigenvalue weighted by molar-refractivity contribution is -0.471. The summed E-state index contributed by atoms with van der Waals surface area (Å²) in [5, 5.41) is 28.2. The fourth-order valence-electron chi connectivity index (χ4n) is 9.07. The first kappa shape index (κ1) is 51.3. The molecule has 3 aliphatic heterocycles. The lowest BCUT2D eigenvalue weighted by atomic mass is 9.84. The number of ether oxygens (including phenoxy) is 11. The molecule has 3 saturated heterocycles. The molecule has 3 aromatic rings. The van der Waals surface area contributed by atoms with Crippen molar-refractivity contribution < 1.29 is 57.2 Å². The monoisotopic (exact) mass is 956 g/mol. The molecule has 1 aliphatic carbocycles. The molecule has 4 aliphatic rings. The van der Waals surface area contributed by atoms with Crippen molar-refractivity contribution in [3.63, 3.8) is 0 Å². The number of rotatable bonds is 20. The van der Waals surface area contributed by atoms with Gasteiger partial charge in [0, 0.05) is 33.9 Å². The first-order valence-corrected chi connectivity index (χ1v) is 22.4. The average molecular weight is 957 g/mol. The molecule has 17 atom stereocenters. The van der Waals surface area contributed by atoms with E-state index < -0.39 is 103 Å². The number of nitrogens with zero attached hydrogens (tertiary/aromatic N) is 12. The Kier molecular flexibility index (Phi) is 17.7. The molecule has 24 nitrogen and oxygen atoms in total. The van der Waals surface area contributed by atoms with Crippen LogP contribution in [-0.4, -0.2) is 129 Å². The minimum absolute atomic E-state index is 0.0911. The highest BCUT2D eigenvalue weighted by Gasteiger charge is 2.63. The molecule has 0 unspecified atom stereocenters. The second-order valence-electron chi connectivity index (χ2n) is 17.1. The van der Waals surface area contributed by atoms with Crippen LogP contribution >= 0.6 is 0 Å². The molecule has 3 aromatic carbocycles. The summed E-state index contributed by atoms with van der Waals surface area (Å²) in [5.74, 6) is -3.13. The van der Waals surface area contributed by atoms with E-state index in [1.807, 2.05) is 91.0 Å². The van der Waals surface area contributed by atoms with Crippen molar-refractivity contribution in [3.8, 4) is 0 Å². The Balaban J connectivity index is 1.23. The summed E-state index contributed by atoms with van der Waals surface area (Å²) in [5.41, 5.74) is 41.5. The topological polar surface area (TPSA) is 317 Å². The minimum Gasteiger partial charge on any atom is -0.388 e. The van der Waals surface area contributed by atoms with Gasteiger partial charge in [-0.15, -0.1) is 0 Å². The van der Waals surface area contributed by atoms with E-state index in [-0.39, 0.29) is 32.8 Å². The molecular weight excluding hydrogens is 901 g/mol. The van der Waals surface area contributed by atoms with Crippen molar-refractivity contribution in [1.29, 1.82) is 0 Å².